The molecular formula is C22H21FN2O4. The number of rotatable bonds is 4. The quantitative estimate of drug-likeness (QED) is 0.635. The first-order chi connectivity index (χ1) is 14.0. The highest BCUT2D eigenvalue weighted by atomic mass is 19.1. The first-order valence-corrected chi connectivity index (χ1v) is 9.46. The zero-order valence-corrected chi connectivity index (χ0v) is 16.1. The van der Waals surface area contributed by atoms with Crippen LogP contribution in [0.4, 0.5) is 10.1 Å². The zero-order chi connectivity index (χ0) is 20.4. The highest BCUT2D eigenvalue weighted by Crippen LogP contribution is 2.23. The van der Waals surface area contributed by atoms with E-state index in [9.17, 15) is 14.0 Å². The Balaban J connectivity index is 1.35. The Bertz CT molecular complexity index is 1100. The van der Waals surface area contributed by atoms with Gasteiger partial charge in [-0.05, 0) is 36.8 Å². The van der Waals surface area contributed by atoms with Crippen molar-refractivity contribution in [1.29, 1.82) is 0 Å². The molecule has 4 rings (SSSR count). The van der Waals surface area contributed by atoms with E-state index in [2.05, 4.69) is 0 Å². The summed E-state index contributed by atoms with van der Waals surface area (Å²) in [7, 11) is 0. The van der Waals surface area contributed by atoms with Gasteiger partial charge in [0.25, 0.3) is 5.91 Å². The number of benzene rings is 2. The number of halogens is 1. The number of carbonyl (C=O) groups excluding carboxylic acids is 1. The van der Waals surface area contributed by atoms with E-state index in [0.717, 1.165) is 10.9 Å². The van der Waals surface area contributed by atoms with Crippen LogP contribution in [0.1, 0.15) is 5.56 Å². The van der Waals surface area contributed by atoms with E-state index in [4.69, 9.17) is 9.15 Å². The molecule has 0 bridgehead atoms. The number of hydrogen-bond acceptors (Lipinski definition) is 5. The van der Waals surface area contributed by atoms with Crippen molar-refractivity contribution in [2.75, 3.05) is 37.7 Å². The van der Waals surface area contributed by atoms with Gasteiger partial charge >= 0.3 is 5.63 Å². The smallest absolute Gasteiger partial charge is 0.336 e. The van der Waals surface area contributed by atoms with Crippen LogP contribution in [0.2, 0.25) is 0 Å². The highest BCUT2D eigenvalue weighted by Gasteiger charge is 2.23. The molecule has 0 aliphatic carbocycles. The molecule has 29 heavy (non-hydrogen) atoms. The number of aryl methyl sites for hydroxylation is 1. The minimum atomic E-state index is -0.420. The Morgan fingerprint density at radius 3 is 2.62 bits per heavy atom. The summed E-state index contributed by atoms with van der Waals surface area (Å²) in [5.74, 6) is 0.0716. The van der Waals surface area contributed by atoms with Gasteiger partial charge < -0.3 is 19.0 Å². The molecule has 1 fully saturated rings. The molecule has 0 spiro atoms. The van der Waals surface area contributed by atoms with Crippen LogP contribution in [0.15, 0.2) is 57.7 Å². The summed E-state index contributed by atoms with van der Waals surface area (Å²) in [6.45, 7) is 3.86. The fraction of sp³-hybridized carbons (Fsp3) is 0.273. The van der Waals surface area contributed by atoms with E-state index in [1.54, 1.807) is 41.3 Å². The fourth-order valence-corrected chi connectivity index (χ4v) is 3.54. The topological polar surface area (TPSA) is 63.0 Å². The van der Waals surface area contributed by atoms with Gasteiger partial charge in [0.15, 0.2) is 6.61 Å². The molecule has 1 aromatic heterocycles. The number of para-hydroxylation sites is 1. The molecule has 1 aliphatic rings. The predicted molar refractivity (Wildman–Crippen MR) is 108 cm³/mol. The molecule has 0 N–H and O–H groups in total. The maximum absolute atomic E-state index is 13.9. The largest absolute Gasteiger partial charge is 0.484 e. The summed E-state index contributed by atoms with van der Waals surface area (Å²) in [6.07, 6.45) is 0. The Morgan fingerprint density at radius 1 is 1.10 bits per heavy atom. The summed E-state index contributed by atoms with van der Waals surface area (Å²) in [4.78, 5) is 27.7. The van der Waals surface area contributed by atoms with Crippen molar-refractivity contribution in [1.82, 2.24) is 4.90 Å². The molecule has 1 aliphatic heterocycles. The van der Waals surface area contributed by atoms with Crippen LogP contribution in [-0.4, -0.2) is 43.6 Å². The van der Waals surface area contributed by atoms with Gasteiger partial charge in [0.1, 0.15) is 17.1 Å². The van der Waals surface area contributed by atoms with Gasteiger partial charge in [0.2, 0.25) is 0 Å². The van der Waals surface area contributed by atoms with Gasteiger partial charge in [-0.1, -0.05) is 12.1 Å². The fourth-order valence-electron chi connectivity index (χ4n) is 3.54. The molecule has 6 nitrogen and oxygen atoms in total. The molecule has 0 radical (unpaired) electrons. The first kappa shape index (κ1) is 19.0. The molecular weight excluding hydrogens is 375 g/mol. The van der Waals surface area contributed by atoms with E-state index in [0.29, 0.717) is 43.2 Å². The molecule has 1 saturated heterocycles. The lowest BCUT2D eigenvalue weighted by molar-refractivity contribution is -0.133. The van der Waals surface area contributed by atoms with E-state index in [-0.39, 0.29) is 18.3 Å². The van der Waals surface area contributed by atoms with E-state index >= 15 is 0 Å². The Hall–Kier alpha value is -3.35. The maximum Gasteiger partial charge on any atom is 0.336 e. The summed E-state index contributed by atoms with van der Waals surface area (Å²) in [5.41, 5.74) is 1.39. The van der Waals surface area contributed by atoms with Crippen molar-refractivity contribution in [3.63, 3.8) is 0 Å². The lowest BCUT2D eigenvalue weighted by Crippen LogP contribution is -2.50. The van der Waals surface area contributed by atoms with Gasteiger partial charge in [-0.25, -0.2) is 9.18 Å². The van der Waals surface area contributed by atoms with Crippen LogP contribution in [-0.2, 0) is 4.79 Å². The van der Waals surface area contributed by atoms with E-state index in [1.165, 1.54) is 12.1 Å². The standard InChI is InChI=1S/C22H21FN2O4/c1-15-12-22(27)29-20-13-16(6-7-17(15)20)28-14-21(26)25-10-8-24(9-11-25)19-5-3-2-4-18(19)23/h2-7,12-13H,8-11,14H2,1H3. The van der Waals surface area contributed by atoms with Crippen molar-refractivity contribution in [3.8, 4) is 5.75 Å². The third-order valence-electron chi connectivity index (χ3n) is 5.11. The number of amides is 1. The van der Waals surface area contributed by atoms with Crippen LogP contribution in [0.5, 0.6) is 5.75 Å². The second kappa shape index (κ2) is 7.95. The number of fused-ring (bicyclic) bond motifs is 1. The zero-order valence-electron chi connectivity index (χ0n) is 16.1. The number of anilines is 1. The lowest BCUT2D eigenvalue weighted by atomic mass is 10.1. The van der Waals surface area contributed by atoms with E-state index in [1.807, 2.05) is 11.8 Å². The summed E-state index contributed by atoms with van der Waals surface area (Å²) in [6, 6.07) is 13.3. The monoisotopic (exact) mass is 396 g/mol. The highest BCUT2D eigenvalue weighted by molar-refractivity contribution is 5.82. The van der Waals surface area contributed by atoms with Gasteiger partial charge in [0.05, 0.1) is 5.69 Å². The lowest BCUT2D eigenvalue weighted by Gasteiger charge is -2.36. The SMILES string of the molecule is Cc1cc(=O)oc2cc(OCC(=O)N3CCN(c4ccccc4F)CC3)ccc12. The van der Waals surface area contributed by atoms with E-state index < -0.39 is 5.63 Å². The van der Waals surface area contributed by atoms with Gasteiger partial charge in [-0.15, -0.1) is 0 Å². The minimum absolute atomic E-state index is 0.110. The van der Waals surface area contributed by atoms with Crippen LogP contribution >= 0.6 is 0 Å². The molecule has 3 aromatic rings. The van der Waals surface area contributed by atoms with Gasteiger partial charge in [-0.2, -0.15) is 0 Å². The van der Waals surface area contributed by atoms with Crippen molar-refractivity contribution in [3.05, 3.63) is 70.3 Å². The molecule has 0 atom stereocenters. The second-order valence-electron chi connectivity index (χ2n) is 7.01. The summed E-state index contributed by atoms with van der Waals surface area (Å²) < 4.78 is 24.7. The van der Waals surface area contributed by atoms with Crippen molar-refractivity contribution >= 4 is 22.6 Å². The average molecular weight is 396 g/mol. The summed E-state index contributed by atoms with van der Waals surface area (Å²) >= 11 is 0. The maximum atomic E-state index is 13.9. The second-order valence-corrected chi connectivity index (χ2v) is 7.01. The Morgan fingerprint density at radius 2 is 1.86 bits per heavy atom. The third-order valence-corrected chi connectivity index (χ3v) is 5.11. The molecule has 1 amide bonds. The normalized spacial score (nSPS) is 14.3. The van der Waals surface area contributed by atoms with Crippen LogP contribution in [0, 0.1) is 12.7 Å². The Labute approximate surface area is 167 Å². The molecule has 0 unspecified atom stereocenters. The molecule has 7 heteroatoms. The predicted octanol–water partition coefficient (Wildman–Crippen LogP) is 2.97. The molecule has 150 valence electrons. The van der Waals surface area contributed by atoms with Crippen molar-refractivity contribution < 1.29 is 18.3 Å². The van der Waals surface area contributed by atoms with Crippen LogP contribution < -0.4 is 15.3 Å². The minimum Gasteiger partial charge on any atom is -0.484 e. The summed E-state index contributed by atoms with van der Waals surface area (Å²) in [5, 5.41) is 0.826. The molecule has 0 saturated carbocycles. The van der Waals surface area contributed by atoms with Gasteiger partial charge in [0, 0.05) is 43.7 Å². The van der Waals surface area contributed by atoms with Crippen molar-refractivity contribution in [2.45, 2.75) is 6.92 Å². The number of carbonyl (C=O) groups is 1. The number of ether oxygens (including phenoxy) is 1. The van der Waals surface area contributed by atoms with Crippen LogP contribution in [0.3, 0.4) is 0 Å². The third kappa shape index (κ3) is 4.08. The molecule has 2 aromatic carbocycles. The first-order valence-electron chi connectivity index (χ1n) is 9.46. The average Bonchev–Trinajstić information content (AvgIpc) is 2.72. The Kier molecular flexibility index (Phi) is 5.20. The number of hydrogen-bond donors (Lipinski definition) is 0. The van der Waals surface area contributed by atoms with Crippen molar-refractivity contribution in [2.24, 2.45) is 0 Å². The number of nitrogens with zero attached hydrogens (tertiary/aromatic N) is 2. The molecule has 2 heterocycles. The van der Waals surface area contributed by atoms with Crippen LogP contribution in [0.25, 0.3) is 11.0 Å². The number of piperazine rings is 1. The van der Waals surface area contributed by atoms with Gasteiger partial charge in [-0.3, -0.25) is 4.79 Å².